The average molecular weight is 327 g/mol. The monoisotopic (exact) mass is 327 g/mol. The Morgan fingerprint density at radius 3 is 2.46 bits per heavy atom. The maximum atomic E-state index is 12.1. The summed E-state index contributed by atoms with van der Waals surface area (Å²) in [7, 11) is 0. The topological polar surface area (TPSA) is 72.7 Å². The molecule has 24 heavy (non-hydrogen) atoms. The normalized spacial score (nSPS) is 16.8. The lowest BCUT2D eigenvalue weighted by Crippen LogP contribution is -2.48. The minimum Gasteiger partial charge on any atom is -0.343 e. The Balaban J connectivity index is 2.06. The largest absolute Gasteiger partial charge is 0.343 e. The second-order valence-electron chi connectivity index (χ2n) is 6.80. The molecule has 2 aromatic rings. The molecule has 1 aliphatic carbocycles. The summed E-state index contributed by atoms with van der Waals surface area (Å²) in [5.74, 6) is 0.792. The van der Waals surface area contributed by atoms with E-state index in [1.54, 1.807) is 4.68 Å². The van der Waals surface area contributed by atoms with Crippen molar-refractivity contribution in [1.82, 2.24) is 25.5 Å². The van der Waals surface area contributed by atoms with Crippen LogP contribution in [0.4, 0.5) is 0 Å². The van der Waals surface area contributed by atoms with Crippen LogP contribution in [0.3, 0.4) is 0 Å². The van der Waals surface area contributed by atoms with Crippen molar-refractivity contribution in [3.63, 3.8) is 0 Å². The van der Waals surface area contributed by atoms with Gasteiger partial charge in [-0.2, -0.15) is 4.68 Å². The highest BCUT2D eigenvalue weighted by Gasteiger charge is 2.40. The van der Waals surface area contributed by atoms with Crippen LogP contribution in [-0.2, 0) is 10.3 Å². The smallest absolute Gasteiger partial charge is 0.220 e. The number of nitrogens with zero attached hydrogens (tertiary/aromatic N) is 4. The highest BCUT2D eigenvalue weighted by atomic mass is 16.1. The van der Waals surface area contributed by atoms with Crippen LogP contribution in [-0.4, -0.2) is 26.1 Å². The molecule has 1 N–H and O–H groups in total. The van der Waals surface area contributed by atoms with Crippen LogP contribution in [0.5, 0.6) is 0 Å². The molecule has 6 nitrogen and oxygen atoms in total. The van der Waals surface area contributed by atoms with Crippen molar-refractivity contribution >= 4 is 5.91 Å². The van der Waals surface area contributed by atoms with Crippen molar-refractivity contribution in [1.29, 1.82) is 0 Å². The zero-order valence-corrected chi connectivity index (χ0v) is 14.7. The molecule has 1 amide bonds. The number of benzene rings is 1. The summed E-state index contributed by atoms with van der Waals surface area (Å²) in [6, 6.07) is 6.28. The second kappa shape index (κ2) is 6.71. The minimum atomic E-state index is -0.466. The fourth-order valence-corrected chi connectivity index (χ4v) is 3.65. The van der Waals surface area contributed by atoms with Gasteiger partial charge < -0.3 is 5.32 Å². The van der Waals surface area contributed by atoms with E-state index >= 15 is 0 Å². The van der Waals surface area contributed by atoms with Crippen LogP contribution in [0.2, 0.25) is 0 Å². The van der Waals surface area contributed by atoms with Gasteiger partial charge in [-0.05, 0) is 60.4 Å². The first-order chi connectivity index (χ1) is 11.5. The Morgan fingerprint density at radius 2 is 1.83 bits per heavy atom. The Hall–Kier alpha value is -2.24. The van der Waals surface area contributed by atoms with Crippen LogP contribution in [0, 0.1) is 13.8 Å². The van der Waals surface area contributed by atoms with Crippen molar-refractivity contribution in [3.05, 3.63) is 35.2 Å². The lowest BCUT2D eigenvalue weighted by atomic mass is 9.80. The third kappa shape index (κ3) is 3.18. The standard InChI is InChI=1S/C18H25N5O/c1-4-16(24)19-18(8-6-5-7-9-18)17-20-21-22-23(17)15-11-13(2)10-14(3)12-15/h10-12H,4-9H2,1-3H3,(H,19,24). The molecule has 1 saturated carbocycles. The molecule has 6 heteroatoms. The Morgan fingerprint density at radius 1 is 1.17 bits per heavy atom. The van der Waals surface area contributed by atoms with E-state index in [-0.39, 0.29) is 5.91 Å². The van der Waals surface area contributed by atoms with Crippen LogP contribution >= 0.6 is 0 Å². The molecule has 1 aromatic carbocycles. The first-order valence-corrected chi connectivity index (χ1v) is 8.72. The number of aryl methyl sites for hydroxylation is 2. The molecule has 1 heterocycles. The molecular weight excluding hydrogens is 302 g/mol. The summed E-state index contributed by atoms with van der Waals surface area (Å²) in [6.07, 6.45) is 5.56. The summed E-state index contributed by atoms with van der Waals surface area (Å²) in [4.78, 5) is 12.1. The highest BCUT2D eigenvalue weighted by Crippen LogP contribution is 2.36. The lowest BCUT2D eigenvalue weighted by Gasteiger charge is -2.36. The molecule has 0 spiro atoms. The number of amides is 1. The van der Waals surface area contributed by atoms with Crippen LogP contribution in [0.1, 0.15) is 62.4 Å². The Bertz CT molecular complexity index is 711. The van der Waals surface area contributed by atoms with E-state index in [1.807, 2.05) is 6.92 Å². The number of hydrogen-bond donors (Lipinski definition) is 1. The first kappa shape index (κ1) is 16.6. The summed E-state index contributed by atoms with van der Waals surface area (Å²) in [5.41, 5.74) is 2.82. The van der Waals surface area contributed by atoms with Crippen LogP contribution in [0.15, 0.2) is 18.2 Å². The van der Waals surface area contributed by atoms with Crippen molar-refractivity contribution in [2.45, 2.75) is 64.8 Å². The number of carbonyl (C=O) groups excluding carboxylic acids is 1. The van der Waals surface area contributed by atoms with Gasteiger partial charge in [-0.1, -0.05) is 32.3 Å². The maximum absolute atomic E-state index is 12.1. The Kier molecular flexibility index (Phi) is 4.64. The predicted octanol–water partition coefficient (Wildman–Crippen LogP) is 2.96. The summed E-state index contributed by atoms with van der Waals surface area (Å²) in [5, 5.41) is 15.7. The molecule has 0 bridgehead atoms. The van der Waals surface area contributed by atoms with E-state index in [0.717, 1.165) is 37.2 Å². The van der Waals surface area contributed by atoms with Gasteiger partial charge in [0.2, 0.25) is 5.91 Å². The van der Waals surface area contributed by atoms with Gasteiger partial charge in [0.15, 0.2) is 5.82 Å². The molecule has 1 aliphatic rings. The predicted molar refractivity (Wildman–Crippen MR) is 91.8 cm³/mol. The Labute approximate surface area is 142 Å². The molecule has 0 aliphatic heterocycles. The number of nitrogens with one attached hydrogen (secondary N) is 1. The van der Waals surface area contributed by atoms with Crippen molar-refractivity contribution in [2.24, 2.45) is 0 Å². The SMILES string of the molecule is CCC(=O)NC1(c2nnnn2-c2cc(C)cc(C)c2)CCCCC1. The molecule has 3 rings (SSSR count). The molecule has 0 atom stereocenters. The van der Waals surface area contributed by atoms with Crippen LogP contribution in [0.25, 0.3) is 5.69 Å². The summed E-state index contributed by atoms with van der Waals surface area (Å²) >= 11 is 0. The van der Waals surface area contributed by atoms with Crippen molar-refractivity contribution in [2.75, 3.05) is 0 Å². The third-order valence-corrected chi connectivity index (χ3v) is 4.76. The van der Waals surface area contributed by atoms with E-state index < -0.39 is 5.54 Å². The first-order valence-electron chi connectivity index (χ1n) is 8.72. The van der Waals surface area contributed by atoms with Gasteiger partial charge >= 0.3 is 0 Å². The maximum Gasteiger partial charge on any atom is 0.220 e. The van der Waals surface area contributed by atoms with E-state index in [1.165, 1.54) is 17.5 Å². The third-order valence-electron chi connectivity index (χ3n) is 4.76. The van der Waals surface area contributed by atoms with E-state index in [0.29, 0.717) is 6.42 Å². The quantitative estimate of drug-likeness (QED) is 0.937. The van der Waals surface area contributed by atoms with Gasteiger partial charge in [0.25, 0.3) is 0 Å². The fourth-order valence-electron chi connectivity index (χ4n) is 3.65. The molecular formula is C18H25N5O. The zero-order chi connectivity index (χ0) is 17.2. The molecule has 1 fully saturated rings. The van der Waals surface area contributed by atoms with Crippen molar-refractivity contribution < 1.29 is 4.79 Å². The van der Waals surface area contributed by atoms with Gasteiger partial charge in [0.1, 0.15) is 5.54 Å². The number of hydrogen-bond acceptors (Lipinski definition) is 4. The second-order valence-corrected chi connectivity index (χ2v) is 6.80. The van der Waals surface area contributed by atoms with Gasteiger partial charge in [-0.15, -0.1) is 5.10 Å². The number of carbonyl (C=O) groups is 1. The highest BCUT2D eigenvalue weighted by molar-refractivity contribution is 5.76. The van der Waals surface area contributed by atoms with Gasteiger partial charge in [0, 0.05) is 6.42 Å². The van der Waals surface area contributed by atoms with Gasteiger partial charge in [-0.3, -0.25) is 4.79 Å². The van der Waals surface area contributed by atoms with Crippen molar-refractivity contribution in [3.8, 4) is 5.69 Å². The van der Waals surface area contributed by atoms with Gasteiger partial charge in [0.05, 0.1) is 5.69 Å². The molecule has 128 valence electrons. The van der Waals surface area contributed by atoms with E-state index in [2.05, 4.69) is 52.9 Å². The fraction of sp³-hybridized carbons (Fsp3) is 0.556. The number of aromatic nitrogens is 4. The van der Waals surface area contributed by atoms with Crippen LogP contribution < -0.4 is 5.32 Å². The molecule has 0 unspecified atom stereocenters. The lowest BCUT2D eigenvalue weighted by molar-refractivity contribution is -0.123. The minimum absolute atomic E-state index is 0.0480. The molecule has 0 radical (unpaired) electrons. The summed E-state index contributed by atoms with van der Waals surface area (Å²) in [6.45, 7) is 6.00. The van der Waals surface area contributed by atoms with E-state index in [9.17, 15) is 4.79 Å². The average Bonchev–Trinajstić information content (AvgIpc) is 3.05. The summed E-state index contributed by atoms with van der Waals surface area (Å²) < 4.78 is 1.79. The van der Waals surface area contributed by atoms with E-state index in [4.69, 9.17) is 0 Å². The van der Waals surface area contributed by atoms with Gasteiger partial charge in [-0.25, -0.2) is 0 Å². The zero-order valence-electron chi connectivity index (χ0n) is 14.7. The number of tetrazole rings is 1. The molecule has 1 aromatic heterocycles. The molecule has 0 saturated heterocycles. The number of rotatable bonds is 4.